The van der Waals surface area contributed by atoms with Gasteiger partial charge in [0.2, 0.25) is 0 Å². The molecule has 0 spiro atoms. The van der Waals surface area contributed by atoms with Crippen molar-refractivity contribution in [2.45, 2.75) is 13.3 Å². The molecule has 0 rings (SSSR count). The van der Waals surface area contributed by atoms with Gasteiger partial charge in [0, 0.05) is 39.4 Å². The van der Waals surface area contributed by atoms with Crippen molar-refractivity contribution in [2.24, 2.45) is 0 Å². The predicted octanol–water partition coefficient (Wildman–Crippen LogP) is 1.00. The summed E-state index contributed by atoms with van der Waals surface area (Å²) >= 11 is 0. The normalized spacial score (nSPS) is 12.1. The molecule has 0 aromatic rings. The molecule has 0 unspecified atom stereocenters. The molecular weight excluding hydrogens is 222 g/mol. The van der Waals surface area contributed by atoms with Crippen LogP contribution >= 0.6 is 0 Å². The van der Waals surface area contributed by atoms with Crippen LogP contribution in [0.1, 0.15) is 13.3 Å². The molecule has 0 aromatic carbocycles. The number of carboxylic acids is 1. The maximum atomic E-state index is 10.6. The Balaban J connectivity index is 3.96. The minimum absolute atomic E-state index is 0.392. The first-order chi connectivity index (χ1) is 8.11. The van der Waals surface area contributed by atoms with Crippen LogP contribution in [0.25, 0.3) is 0 Å². The molecule has 0 amide bonds. The molecule has 0 saturated carbocycles. The van der Waals surface area contributed by atoms with Gasteiger partial charge in [-0.1, -0.05) is 6.08 Å². The summed E-state index contributed by atoms with van der Waals surface area (Å²) in [6.07, 6.45) is 2.47. The maximum Gasteiger partial charge on any atom is 0.330 e. The highest BCUT2D eigenvalue weighted by Crippen LogP contribution is 1.98. The van der Waals surface area contributed by atoms with E-state index in [0.29, 0.717) is 18.8 Å². The molecule has 0 aliphatic carbocycles. The summed E-state index contributed by atoms with van der Waals surface area (Å²) < 4.78 is 10.1. The summed E-state index contributed by atoms with van der Waals surface area (Å²) in [5.74, 6) is -0.856. The van der Waals surface area contributed by atoms with Crippen molar-refractivity contribution in [2.75, 3.05) is 47.1 Å². The Labute approximate surface area is 103 Å². The van der Waals surface area contributed by atoms with Crippen molar-refractivity contribution < 1.29 is 19.4 Å². The lowest BCUT2D eigenvalue weighted by Gasteiger charge is -2.20. The van der Waals surface area contributed by atoms with E-state index in [1.54, 1.807) is 27.2 Å². The van der Waals surface area contributed by atoms with Crippen LogP contribution in [0.5, 0.6) is 0 Å². The fourth-order valence-corrected chi connectivity index (χ4v) is 1.33. The lowest BCUT2D eigenvalue weighted by molar-refractivity contribution is -0.132. The smallest absolute Gasteiger partial charge is 0.330 e. The molecule has 0 saturated heterocycles. The highest BCUT2D eigenvalue weighted by molar-refractivity contribution is 5.85. The highest BCUT2D eigenvalue weighted by atomic mass is 16.5. The fraction of sp³-hybridized carbons (Fsp3) is 0.750. The van der Waals surface area contributed by atoms with E-state index >= 15 is 0 Å². The Morgan fingerprint density at radius 3 is 2.12 bits per heavy atom. The Bertz CT molecular complexity index is 233. The standard InChI is InChI=1S/C12H23NO4/c1-11(12(14)15)5-4-6-13(7-9-16-2)8-10-17-3/h5H,4,6-10H2,1-3H3,(H,14,15). The van der Waals surface area contributed by atoms with Crippen molar-refractivity contribution in [3.63, 3.8) is 0 Å². The van der Waals surface area contributed by atoms with E-state index in [1.165, 1.54) is 0 Å². The number of hydrogen-bond acceptors (Lipinski definition) is 4. The Morgan fingerprint density at radius 2 is 1.71 bits per heavy atom. The minimum Gasteiger partial charge on any atom is -0.478 e. The number of rotatable bonds is 10. The van der Waals surface area contributed by atoms with Gasteiger partial charge in [0.15, 0.2) is 0 Å². The molecule has 5 heteroatoms. The first-order valence-electron chi connectivity index (χ1n) is 5.72. The lowest BCUT2D eigenvalue weighted by Crippen LogP contribution is -2.31. The van der Waals surface area contributed by atoms with Gasteiger partial charge in [-0.05, 0) is 13.3 Å². The molecular formula is C12H23NO4. The largest absolute Gasteiger partial charge is 0.478 e. The second kappa shape index (κ2) is 10.3. The summed E-state index contributed by atoms with van der Waals surface area (Å²) in [6, 6.07) is 0. The summed E-state index contributed by atoms with van der Waals surface area (Å²) in [7, 11) is 3.34. The average Bonchev–Trinajstić information content (AvgIpc) is 2.31. The zero-order valence-electron chi connectivity index (χ0n) is 10.9. The van der Waals surface area contributed by atoms with Crippen molar-refractivity contribution in [3.05, 3.63) is 11.6 Å². The van der Waals surface area contributed by atoms with Gasteiger partial charge >= 0.3 is 5.97 Å². The maximum absolute atomic E-state index is 10.6. The van der Waals surface area contributed by atoms with Crippen LogP contribution in [0.15, 0.2) is 11.6 Å². The number of hydrogen-bond donors (Lipinski definition) is 1. The van der Waals surface area contributed by atoms with Crippen LogP contribution in [0.2, 0.25) is 0 Å². The van der Waals surface area contributed by atoms with E-state index in [9.17, 15) is 4.79 Å². The van der Waals surface area contributed by atoms with Gasteiger partial charge in [-0.3, -0.25) is 4.90 Å². The molecule has 0 aliphatic rings. The number of ether oxygens (including phenoxy) is 2. The van der Waals surface area contributed by atoms with Crippen LogP contribution in [0.3, 0.4) is 0 Å². The van der Waals surface area contributed by atoms with Gasteiger partial charge in [0.05, 0.1) is 13.2 Å². The molecule has 0 heterocycles. The van der Waals surface area contributed by atoms with Crippen LogP contribution in [0.4, 0.5) is 0 Å². The van der Waals surface area contributed by atoms with E-state index in [2.05, 4.69) is 4.90 Å². The van der Waals surface area contributed by atoms with Crippen LogP contribution in [-0.4, -0.2) is 63.0 Å². The zero-order chi connectivity index (χ0) is 13.1. The molecule has 17 heavy (non-hydrogen) atoms. The van der Waals surface area contributed by atoms with E-state index in [1.807, 2.05) is 0 Å². The van der Waals surface area contributed by atoms with E-state index in [4.69, 9.17) is 14.6 Å². The molecule has 100 valence electrons. The third kappa shape index (κ3) is 8.85. The van der Waals surface area contributed by atoms with Crippen molar-refractivity contribution in [3.8, 4) is 0 Å². The van der Waals surface area contributed by atoms with Crippen LogP contribution < -0.4 is 0 Å². The molecule has 0 fully saturated rings. The molecule has 0 aliphatic heterocycles. The van der Waals surface area contributed by atoms with Gasteiger partial charge in [-0.2, -0.15) is 0 Å². The number of carboxylic acid groups (broad SMARTS) is 1. The van der Waals surface area contributed by atoms with Gasteiger partial charge in [-0.15, -0.1) is 0 Å². The number of carbonyl (C=O) groups is 1. The fourth-order valence-electron chi connectivity index (χ4n) is 1.33. The molecule has 1 N–H and O–H groups in total. The third-order valence-corrected chi connectivity index (χ3v) is 2.46. The summed E-state index contributed by atoms with van der Waals surface area (Å²) in [4.78, 5) is 12.8. The first-order valence-corrected chi connectivity index (χ1v) is 5.72. The Morgan fingerprint density at radius 1 is 1.18 bits per heavy atom. The second-order valence-corrected chi connectivity index (χ2v) is 3.81. The van der Waals surface area contributed by atoms with Gasteiger partial charge < -0.3 is 14.6 Å². The Hall–Kier alpha value is -0.910. The van der Waals surface area contributed by atoms with Crippen molar-refractivity contribution in [1.29, 1.82) is 0 Å². The van der Waals surface area contributed by atoms with E-state index < -0.39 is 5.97 Å². The molecule has 0 aromatic heterocycles. The quantitative estimate of drug-likeness (QED) is 0.582. The van der Waals surface area contributed by atoms with Crippen LogP contribution in [-0.2, 0) is 14.3 Å². The molecule has 0 atom stereocenters. The number of methoxy groups -OCH3 is 2. The number of nitrogens with zero attached hydrogens (tertiary/aromatic N) is 1. The van der Waals surface area contributed by atoms with E-state index in [0.717, 1.165) is 26.1 Å². The van der Waals surface area contributed by atoms with Crippen molar-refractivity contribution >= 4 is 5.97 Å². The number of aliphatic carboxylic acids is 1. The summed E-state index contributed by atoms with van der Waals surface area (Å²) in [5, 5.41) is 8.71. The minimum atomic E-state index is -0.856. The first kappa shape index (κ1) is 16.1. The predicted molar refractivity (Wildman–Crippen MR) is 66.2 cm³/mol. The lowest BCUT2D eigenvalue weighted by atomic mass is 10.2. The van der Waals surface area contributed by atoms with Gasteiger partial charge in [0.25, 0.3) is 0 Å². The topological polar surface area (TPSA) is 59.0 Å². The monoisotopic (exact) mass is 245 g/mol. The second-order valence-electron chi connectivity index (χ2n) is 3.81. The molecule has 5 nitrogen and oxygen atoms in total. The Kier molecular flexibility index (Phi) is 9.71. The van der Waals surface area contributed by atoms with E-state index in [-0.39, 0.29) is 0 Å². The third-order valence-electron chi connectivity index (χ3n) is 2.46. The molecule has 0 radical (unpaired) electrons. The van der Waals surface area contributed by atoms with Gasteiger partial charge in [-0.25, -0.2) is 4.79 Å². The SMILES string of the molecule is COCCN(CCC=C(C)C(=O)O)CCOC. The van der Waals surface area contributed by atoms with Gasteiger partial charge in [0.1, 0.15) is 0 Å². The average molecular weight is 245 g/mol. The zero-order valence-corrected chi connectivity index (χ0v) is 10.9. The van der Waals surface area contributed by atoms with Crippen molar-refractivity contribution in [1.82, 2.24) is 4.90 Å². The summed E-state index contributed by atoms with van der Waals surface area (Å²) in [5.41, 5.74) is 0.392. The highest BCUT2D eigenvalue weighted by Gasteiger charge is 2.04. The van der Waals surface area contributed by atoms with Crippen LogP contribution in [0, 0.1) is 0 Å². The molecule has 0 bridgehead atoms. The summed E-state index contributed by atoms with van der Waals surface area (Å²) in [6.45, 7) is 5.44.